The molecular formula is C23H31N5. The van der Waals surface area contributed by atoms with Crippen LogP contribution in [0.1, 0.15) is 56.2 Å². The normalized spacial score (nSPS) is 22.0. The van der Waals surface area contributed by atoms with Gasteiger partial charge in [-0.25, -0.2) is 4.98 Å². The lowest BCUT2D eigenvalue weighted by Gasteiger charge is -2.41. The van der Waals surface area contributed by atoms with E-state index in [1.54, 1.807) is 0 Å². The summed E-state index contributed by atoms with van der Waals surface area (Å²) in [5.74, 6) is 1.06. The van der Waals surface area contributed by atoms with Crippen LogP contribution in [0.15, 0.2) is 42.6 Å². The van der Waals surface area contributed by atoms with Gasteiger partial charge in [-0.3, -0.25) is 9.88 Å². The maximum absolute atomic E-state index is 4.86. The summed E-state index contributed by atoms with van der Waals surface area (Å²) < 4.78 is 0. The Morgan fingerprint density at radius 3 is 2.86 bits per heavy atom. The summed E-state index contributed by atoms with van der Waals surface area (Å²) in [6, 6.07) is 13.6. The molecular weight excluding hydrogens is 346 g/mol. The smallest absolute Gasteiger partial charge is 0.121 e. The van der Waals surface area contributed by atoms with Gasteiger partial charge < -0.3 is 10.3 Å². The van der Waals surface area contributed by atoms with Crippen molar-refractivity contribution in [3.8, 4) is 0 Å². The Labute approximate surface area is 167 Å². The Kier molecular flexibility index (Phi) is 5.74. The summed E-state index contributed by atoms with van der Waals surface area (Å²) >= 11 is 0. The molecule has 5 rings (SSSR count). The molecule has 1 aliphatic carbocycles. The molecule has 0 bridgehead atoms. The van der Waals surface area contributed by atoms with Crippen molar-refractivity contribution in [2.75, 3.05) is 13.1 Å². The molecule has 0 amide bonds. The summed E-state index contributed by atoms with van der Waals surface area (Å²) in [4.78, 5) is 15.9. The molecule has 28 heavy (non-hydrogen) atoms. The van der Waals surface area contributed by atoms with Gasteiger partial charge in [0.05, 0.1) is 29.3 Å². The van der Waals surface area contributed by atoms with E-state index in [-0.39, 0.29) is 7.43 Å². The number of pyridine rings is 1. The largest absolute Gasteiger partial charge is 0.341 e. The van der Waals surface area contributed by atoms with E-state index in [2.05, 4.69) is 51.6 Å². The number of H-pyrrole nitrogens is 1. The van der Waals surface area contributed by atoms with Gasteiger partial charge in [-0.15, -0.1) is 0 Å². The van der Waals surface area contributed by atoms with Gasteiger partial charge >= 0.3 is 0 Å². The first-order valence-corrected chi connectivity index (χ1v) is 10.2. The Bertz CT molecular complexity index is 879. The fourth-order valence-electron chi connectivity index (χ4n) is 4.77. The molecule has 1 aromatic carbocycles. The van der Waals surface area contributed by atoms with Crippen molar-refractivity contribution >= 4 is 11.0 Å². The molecule has 5 heteroatoms. The highest BCUT2D eigenvalue weighted by molar-refractivity contribution is 5.74. The molecule has 2 aromatic heterocycles. The minimum atomic E-state index is 0. The molecule has 5 nitrogen and oxygen atoms in total. The van der Waals surface area contributed by atoms with E-state index in [0.717, 1.165) is 42.9 Å². The molecule has 1 fully saturated rings. The van der Waals surface area contributed by atoms with E-state index in [4.69, 9.17) is 9.97 Å². The second-order valence-corrected chi connectivity index (χ2v) is 7.83. The van der Waals surface area contributed by atoms with Crippen LogP contribution in [0.4, 0.5) is 0 Å². The first-order chi connectivity index (χ1) is 13.4. The molecule has 2 atom stereocenters. The number of hydrogen-bond donors (Lipinski definition) is 2. The number of para-hydroxylation sites is 2. The molecule has 2 aliphatic rings. The maximum Gasteiger partial charge on any atom is 0.121 e. The number of aryl methyl sites for hydroxylation is 1. The second-order valence-electron chi connectivity index (χ2n) is 7.83. The summed E-state index contributed by atoms with van der Waals surface area (Å²) in [6.45, 7) is 3.04. The molecule has 3 aromatic rings. The van der Waals surface area contributed by atoms with Crippen LogP contribution in [-0.4, -0.2) is 39.0 Å². The minimum absolute atomic E-state index is 0. The highest BCUT2D eigenvalue weighted by Crippen LogP contribution is 2.36. The van der Waals surface area contributed by atoms with Crippen LogP contribution in [0.3, 0.4) is 0 Å². The van der Waals surface area contributed by atoms with Crippen LogP contribution in [0.25, 0.3) is 11.0 Å². The monoisotopic (exact) mass is 377 g/mol. The van der Waals surface area contributed by atoms with E-state index in [1.165, 1.54) is 36.9 Å². The third-order valence-electron chi connectivity index (χ3n) is 6.08. The average Bonchev–Trinajstić information content (AvgIpc) is 3.15. The number of nitrogens with zero attached hydrogens (tertiary/aromatic N) is 3. The maximum atomic E-state index is 4.86. The summed E-state index contributed by atoms with van der Waals surface area (Å²) in [6.07, 6.45) is 8.01. The first-order valence-electron chi connectivity index (χ1n) is 10.2. The third-order valence-corrected chi connectivity index (χ3v) is 6.08. The van der Waals surface area contributed by atoms with Crippen molar-refractivity contribution in [2.45, 2.75) is 58.2 Å². The number of fused-ring (bicyclic) bond motifs is 2. The molecule has 2 N–H and O–H groups in total. The van der Waals surface area contributed by atoms with E-state index in [1.807, 2.05) is 6.20 Å². The van der Waals surface area contributed by atoms with Crippen molar-refractivity contribution in [2.24, 2.45) is 0 Å². The third kappa shape index (κ3) is 3.69. The van der Waals surface area contributed by atoms with Gasteiger partial charge in [0, 0.05) is 18.8 Å². The summed E-state index contributed by atoms with van der Waals surface area (Å²) in [5.41, 5.74) is 4.88. The highest BCUT2D eigenvalue weighted by Gasteiger charge is 2.33. The van der Waals surface area contributed by atoms with Crippen molar-refractivity contribution in [3.63, 3.8) is 0 Å². The number of hydrogen-bond acceptors (Lipinski definition) is 4. The Balaban J connectivity index is 0.00000192. The van der Waals surface area contributed by atoms with Crippen LogP contribution >= 0.6 is 0 Å². The number of nitrogens with one attached hydrogen (secondary N) is 2. The molecule has 1 aliphatic heterocycles. The number of benzene rings is 1. The summed E-state index contributed by atoms with van der Waals surface area (Å²) in [5, 5.41) is 3.60. The van der Waals surface area contributed by atoms with Crippen LogP contribution in [-0.2, 0) is 13.0 Å². The lowest BCUT2D eigenvalue weighted by atomic mass is 9.89. The molecule has 1 saturated heterocycles. The van der Waals surface area contributed by atoms with Gasteiger partial charge in [0.15, 0.2) is 0 Å². The number of aromatic nitrogens is 3. The van der Waals surface area contributed by atoms with Crippen molar-refractivity contribution in [3.05, 3.63) is 59.7 Å². The number of rotatable bonds is 4. The Morgan fingerprint density at radius 2 is 2.00 bits per heavy atom. The second kappa shape index (κ2) is 8.41. The van der Waals surface area contributed by atoms with Crippen LogP contribution < -0.4 is 5.32 Å². The lowest BCUT2D eigenvalue weighted by Crippen LogP contribution is -2.48. The zero-order chi connectivity index (χ0) is 18.1. The van der Waals surface area contributed by atoms with Crippen LogP contribution in [0.2, 0.25) is 0 Å². The minimum Gasteiger partial charge on any atom is -0.341 e. The topological polar surface area (TPSA) is 56.8 Å². The number of aromatic amines is 1. The predicted molar refractivity (Wildman–Crippen MR) is 114 cm³/mol. The molecule has 148 valence electrons. The quantitative estimate of drug-likeness (QED) is 0.714. The molecule has 3 heterocycles. The molecule has 0 saturated carbocycles. The van der Waals surface area contributed by atoms with Gasteiger partial charge in [-0.2, -0.15) is 0 Å². The SMILES string of the molecule is C.c1cnc2c(c1)CCC[C@@H]2N(Cc1nc2ccccc2[nH]1)[C@@H]1CCCNC1. The molecule has 0 radical (unpaired) electrons. The zero-order valence-corrected chi connectivity index (χ0v) is 15.7. The first kappa shape index (κ1) is 19.1. The van der Waals surface area contributed by atoms with E-state index in [0.29, 0.717) is 12.1 Å². The predicted octanol–water partition coefficient (Wildman–Crippen LogP) is 4.23. The van der Waals surface area contributed by atoms with Crippen LogP contribution in [0, 0.1) is 0 Å². The van der Waals surface area contributed by atoms with E-state index in [9.17, 15) is 0 Å². The van der Waals surface area contributed by atoms with E-state index < -0.39 is 0 Å². The fraction of sp³-hybridized carbons (Fsp3) is 0.478. The zero-order valence-electron chi connectivity index (χ0n) is 15.7. The van der Waals surface area contributed by atoms with E-state index >= 15 is 0 Å². The van der Waals surface area contributed by atoms with Crippen molar-refractivity contribution in [1.29, 1.82) is 0 Å². The summed E-state index contributed by atoms with van der Waals surface area (Å²) in [7, 11) is 0. The Hall–Kier alpha value is -2.24. The van der Waals surface area contributed by atoms with Gasteiger partial charge in [0.25, 0.3) is 0 Å². The van der Waals surface area contributed by atoms with Gasteiger partial charge in [-0.1, -0.05) is 25.6 Å². The van der Waals surface area contributed by atoms with Crippen molar-refractivity contribution in [1.82, 2.24) is 25.2 Å². The van der Waals surface area contributed by atoms with Gasteiger partial charge in [0.1, 0.15) is 5.82 Å². The van der Waals surface area contributed by atoms with Crippen molar-refractivity contribution < 1.29 is 0 Å². The van der Waals surface area contributed by atoms with Gasteiger partial charge in [-0.05, 0) is 62.4 Å². The average molecular weight is 378 g/mol. The van der Waals surface area contributed by atoms with Gasteiger partial charge in [0.2, 0.25) is 0 Å². The standard InChI is InChI=1S/C22H27N5.CH4/c1-2-10-19-18(9-1)25-21(26-19)15-27(17-8-5-12-23-14-17)20-11-3-6-16-7-4-13-24-22(16)20;/h1-2,4,7,9-10,13,17,20,23H,3,5-6,8,11-12,14-15H2,(H,25,26);1H4/t17-,20+;/m1./s1. The number of piperidine rings is 1. The Morgan fingerprint density at radius 1 is 1.07 bits per heavy atom. The number of imidazole rings is 1. The lowest BCUT2D eigenvalue weighted by molar-refractivity contribution is 0.0868. The fourth-order valence-corrected chi connectivity index (χ4v) is 4.77. The van der Waals surface area contributed by atoms with Crippen LogP contribution in [0.5, 0.6) is 0 Å². The molecule has 0 unspecified atom stereocenters. The highest BCUT2D eigenvalue weighted by atomic mass is 15.2. The molecule has 0 spiro atoms.